The van der Waals surface area contributed by atoms with Crippen molar-refractivity contribution in [3.63, 3.8) is 0 Å². The van der Waals surface area contributed by atoms with Crippen LogP contribution in [0.4, 0.5) is 0 Å². The van der Waals surface area contributed by atoms with Crippen LogP contribution in [0.5, 0.6) is 0 Å². The van der Waals surface area contributed by atoms with E-state index in [0.29, 0.717) is 0 Å². The van der Waals surface area contributed by atoms with Crippen molar-refractivity contribution in [2.75, 3.05) is 26.2 Å². The molecule has 2 heterocycles. The van der Waals surface area contributed by atoms with Crippen LogP contribution in [0.2, 0.25) is 0 Å². The average molecular weight is 430 g/mol. The third-order valence-corrected chi connectivity index (χ3v) is 7.46. The highest BCUT2D eigenvalue weighted by Crippen LogP contribution is 2.36. The Morgan fingerprint density at radius 1 is 1.00 bits per heavy atom. The molecule has 0 spiro atoms. The SMILES string of the molecule is O=C(NCCCN1CCC(Cc2ccccc2)CC1)[C@@H]1CCCc2c1[nH]c1ccccc21. The minimum atomic E-state index is -0.0279. The number of nitrogens with one attached hydrogen (secondary N) is 2. The van der Waals surface area contributed by atoms with E-state index in [2.05, 4.69) is 69.8 Å². The number of carbonyl (C=O) groups excluding carboxylic acids is 1. The molecule has 2 aromatic carbocycles. The Hall–Kier alpha value is -2.59. The Balaban J connectivity index is 1.06. The molecule has 0 radical (unpaired) electrons. The van der Waals surface area contributed by atoms with Gasteiger partial charge in [0.05, 0.1) is 5.92 Å². The molecule has 1 aromatic heterocycles. The van der Waals surface area contributed by atoms with E-state index in [0.717, 1.165) is 55.9 Å². The summed E-state index contributed by atoms with van der Waals surface area (Å²) in [6.45, 7) is 4.23. The van der Waals surface area contributed by atoms with Gasteiger partial charge in [-0.25, -0.2) is 0 Å². The van der Waals surface area contributed by atoms with Gasteiger partial charge in [-0.05, 0) is 87.7 Å². The van der Waals surface area contributed by atoms with Crippen LogP contribution in [-0.2, 0) is 17.6 Å². The molecule has 0 bridgehead atoms. The number of nitrogens with zero attached hydrogens (tertiary/aromatic N) is 1. The molecule has 32 heavy (non-hydrogen) atoms. The molecule has 4 nitrogen and oxygen atoms in total. The zero-order chi connectivity index (χ0) is 21.8. The highest BCUT2D eigenvalue weighted by atomic mass is 16.1. The van der Waals surface area contributed by atoms with E-state index in [1.807, 2.05) is 0 Å². The molecule has 1 amide bonds. The van der Waals surface area contributed by atoms with Crippen molar-refractivity contribution in [2.45, 2.75) is 50.9 Å². The number of aromatic amines is 1. The zero-order valence-electron chi connectivity index (χ0n) is 19.0. The van der Waals surface area contributed by atoms with E-state index in [1.54, 1.807) is 0 Å². The number of hydrogen-bond donors (Lipinski definition) is 2. The molecule has 4 heteroatoms. The van der Waals surface area contributed by atoms with Gasteiger partial charge in [0.25, 0.3) is 0 Å². The van der Waals surface area contributed by atoms with E-state index in [1.165, 1.54) is 48.9 Å². The molecule has 2 aliphatic rings. The van der Waals surface area contributed by atoms with E-state index >= 15 is 0 Å². The zero-order valence-corrected chi connectivity index (χ0v) is 19.0. The van der Waals surface area contributed by atoms with E-state index in [9.17, 15) is 4.79 Å². The third-order valence-electron chi connectivity index (χ3n) is 7.46. The van der Waals surface area contributed by atoms with Gasteiger partial charge >= 0.3 is 0 Å². The lowest BCUT2D eigenvalue weighted by Crippen LogP contribution is -2.37. The fraction of sp³-hybridized carbons (Fsp3) is 0.464. The summed E-state index contributed by atoms with van der Waals surface area (Å²) >= 11 is 0. The second-order valence-electron chi connectivity index (χ2n) is 9.63. The maximum atomic E-state index is 13.0. The van der Waals surface area contributed by atoms with Gasteiger partial charge in [0.2, 0.25) is 5.91 Å². The maximum absolute atomic E-state index is 13.0. The van der Waals surface area contributed by atoms with Crippen molar-refractivity contribution in [3.8, 4) is 0 Å². The fourth-order valence-electron chi connectivity index (χ4n) is 5.68. The molecule has 0 saturated carbocycles. The van der Waals surface area contributed by atoms with Gasteiger partial charge in [-0.1, -0.05) is 48.5 Å². The lowest BCUT2D eigenvalue weighted by Gasteiger charge is -2.32. The van der Waals surface area contributed by atoms with Gasteiger partial charge < -0.3 is 15.2 Å². The number of hydrogen-bond acceptors (Lipinski definition) is 2. The molecule has 3 aromatic rings. The van der Waals surface area contributed by atoms with Crippen LogP contribution in [-0.4, -0.2) is 42.0 Å². The molecule has 1 aliphatic heterocycles. The topological polar surface area (TPSA) is 48.1 Å². The number of fused-ring (bicyclic) bond motifs is 3. The highest BCUT2D eigenvalue weighted by Gasteiger charge is 2.29. The normalized spacial score (nSPS) is 19.7. The van der Waals surface area contributed by atoms with Crippen LogP contribution in [0, 0.1) is 5.92 Å². The largest absolute Gasteiger partial charge is 0.357 e. The molecule has 2 N–H and O–H groups in total. The third kappa shape index (κ3) is 4.75. The Morgan fingerprint density at radius 2 is 1.78 bits per heavy atom. The van der Waals surface area contributed by atoms with Crippen LogP contribution < -0.4 is 5.32 Å². The molecule has 1 saturated heterocycles. The van der Waals surface area contributed by atoms with Gasteiger partial charge in [-0.2, -0.15) is 0 Å². The molecule has 1 atom stereocenters. The minimum Gasteiger partial charge on any atom is -0.357 e. The number of aryl methyl sites for hydroxylation is 1. The number of piperidine rings is 1. The summed E-state index contributed by atoms with van der Waals surface area (Å²) in [6, 6.07) is 19.3. The Labute approximate surface area is 191 Å². The smallest absolute Gasteiger partial charge is 0.229 e. The number of aromatic nitrogens is 1. The van der Waals surface area contributed by atoms with Crippen LogP contribution >= 0.6 is 0 Å². The molecule has 168 valence electrons. The van der Waals surface area contributed by atoms with Gasteiger partial charge in [0.15, 0.2) is 0 Å². The summed E-state index contributed by atoms with van der Waals surface area (Å²) in [7, 11) is 0. The molecular formula is C28H35N3O. The van der Waals surface area contributed by atoms with Crippen molar-refractivity contribution in [2.24, 2.45) is 5.92 Å². The number of benzene rings is 2. The van der Waals surface area contributed by atoms with Crippen LogP contribution in [0.15, 0.2) is 54.6 Å². The summed E-state index contributed by atoms with van der Waals surface area (Å²) in [5.74, 6) is 0.976. The number of amides is 1. The number of rotatable bonds is 7. The number of carbonyl (C=O) groups is 1. The first kappa shape index (κ1) is 21.3. The summed E-state index contributed by atoms with van der Waals surface area (Å²) in [5, 5.41) is 4.52. The highest BCUT2D eigenvalue weighted by molar-refractivity contribution is 5.90. The van der Waals surface area contributed by atoms with E-state index in [4.69, 9.17) is 0 Å². The predicted octanol–water partition coefficient (Wildman–Crippen LogP) is 5.05. The van der Waals surface area contributed by atoms with Gasteiger partial charge in [-0.3, -0.25) is 4.79 Å². The summed E-state index contributed by atoms with van der Waals surface area (Å²) < 4.78 is 0. The predicted molar refractivity (Wildman–Crippen MR) is 131 cm³/mol. The second-order valence-corrected chi connectivity index (χ2v) is 9.63. The average Bonchev–Trinajstić information content (AvgIpc) is 3.22. The van der Waals surface area contributed by atoms with Gasteiger partial charge in [0, 0.05) is 23.1 Å². The Kier molecular flexibility index (Phi) is 6.59. The lowest BCUT2D eigenvalue weighted by atomic mass is 9.86. The Bertz CT molecular complexity index is 1030. The first-order chi connectivity index (χ1) is 15.8. The first-order valence-electron chi connectivity index (χ1n) is 12.4. The van der Waals surface area contributed by atoms with Crippen LogP contribution in [0.3, 0.4) is 0 Å². The van der Waals surface area contributed by atoms with Crippen molar-refractivity contribution < 1.29 is 4.79 Å². The van der Waals surface area contributed by atoms with Crippen LogP contribution in [0.25, 0.3) is 10.9 Å². The number of likely N-dealkylation sites (tertiary alicyclic amines) is 1. The summed E-state index contributed by atoms with van der Waals surface area (Å²) in [6.07, 6.45) is 7.91. The van der Waals surface area contributed by atoms with Crippen LogP contribution in [0.1, 0.15) is 54.8 Å². The Morgan fingerprint density at radius 3 is 2.62 bits per heavy atom. The first-order valence-corrected chi connectivity index (χ1v) is 12.4. The fourth-order valence-corrected chi connectivity index (χ4v) is 5.68. The van der Waals surface area contributed by atoms with Crippen molar-refractivity contribution in [1.29, 1.82) is 0 Å². The number of para-hydroxylation sites is 1. The second kappa shape index (κ2) is 9.91. The molecule has 0 unspecified atom stereocenters. The summed E-state index contributed by atoms with van der Waals surface area (Å²) in [5.41, 5.74) is 5.13. The lowest BCUT2D eigenvalue weighted by molar-refractivity contribution is -0.122. The maximum Gasteiger partial charge on any atom is 0.229 e. The van der Waals surface area contributed by atoms with Crippen molar-refractivity contribution >= 4 is 16.8 Å². The summed E-state index contributed by atoms with van der Waals surface area (Å²) in [4.78, 5) is 19.1. The molecule has 1 aliphatic carbocycles. The molecule has 1 fully saturated rings. The standard InChI is InChI=1S/C28H35N3O/c32-28(25-12-6-11-24-23-10-4-5-13-26(23)30-27(24)25)29-16-7-17-31-18-14-22(15-19-31)20-21-8-2-1-3-9-21/h1-5,8-10,13,22,25,30H,6-7,11-12,14-20H2,(H,29,32)/t25-/m1/s1. The molecule has 5 rings (SSSR count). The van der Waals surface area contributed by atoms with Crippen molar-refractivity contribution in [1.82, 2.24) is 15.2 Å². The van der Waals surface area contributed by atoms with Crippen molar-refractivity contribution in [3.05, 3.63) is 71.4 Å². The van der Waals surface area contributed by atoms with Gasteiger partial charge in [-0.15, -0.1) is 0 Å². The van der Waals surface area contributed by atoms with E-state index < -0.39 is 0 Å². The van der Waals surface area contributed by atoms with E-state index in [-0.39, 0.29) is 11.8 Å². The monoisotopic (exact) mass is 429 g/mol. The minimum absolute atomic E-state index is 0.0279. The number of H-pyrrole nitrogens is 1. The molecular weight excluding hydrogens is 394 g/mol. The quantitative estimate of drug-likeness (QED) is 0.517. The van der Waals surface area contributed by atoms with Gasteiger partial charge in [0.1, 0.15) is 0 Å².